The molecule has 0 aromatic carbocycles. The van der Waals surface area contributed by atoms with Crippen LogP contribution in [-0.2, 0) is 4.79 Å². The standard InChI is InChI=1S/C11H22N2O/c1-4-5-6-10(12)11(14)13-8-7-9(2)3/h7,10H,4-6,8,12H2,1-3H3,(H,13,14). The summed E-state index contributed by atoms with van der Waals surface area (Å²) in [5.74, 6) is -0.0454. The number of amides is 1. The van der Waals surface area contributed by atoms with E-state index >= 15 is 0 Å². The summed E-state index contributed by atoms with van der Waals surface area (Å²) in [6, 6.07) is -0.347. The van der Waals surface area contributed by atoms with E-state index in [0.717, 1.165) is 19.3 Å². The van der Waals surface area contributed by atoms with E-state index in [0.29, 0.717) is 6.54 Å². The molecule has 1 amide bonds. The van der Waals surface area contributed by atoms with Crippen molar-refractivity contribution in [3.05, 3.63) is 11.6 Å². The van der Waals surface area contributed by atoms with Gasteiger partial charge in [-0.05, 0) is 20.3 Å². The summed E-state index contributed by atoms with van der Waals surface area (Å²) in [5.41, 5.74) is 6.89. The zero-order valence-electron chi connectivity index (χ0n) is 9.47. The lowest BCUT2D eigenvalue weighted by atomic mass is 10.1. The molecule has 0 aromatic heterocycles. The van der Waals surface area contributed by atoms with E-state index in [2.05, 4.69) is 12.2 Å². The average Bonchev–Trinajstić information content (AvgIpc) is 2.13. The van der Waals surface area contributed by atoms with Crippen molar-refractivity contribution >= 4 is 5.91 Å². The largest absolute Gasteiger partial charge is 0.351 e. The monoisotopic (exact) mass is 198 g/mol. The number of carbonyl (C=O) groups is 1. The predicted octanol–water partition coefficient (Wildman–Crippen LogP) is 1.59. The predicted molar refractivity (Wildman–Crippen MR) is 59.9 cm³/mol. The van der Waals surface area contributed by atoms with Crippen molar-refractivity contribution in [3.63, 3.8) is 0 Å². The van der Waals surface area contributed by atoms with E-state index in [1.165, 1.54) is 5.57 Å². The Bertz CT molecular complexity index is 195. The third kappa shape index (κ3) is 6.66. The Labute approximate surface area is 86.8 Å². The van der Waals surface area contributed by atoms with Gasteiger partial charge in [0.2, 0.25) is 5.91 Å². The van der Waals surface area contributed by atoms with Crippen LogP contribution in [0.3, 0.4) is 0 Å². The number of allylic oxidation sites excluding steroid dienone is 1. The Morgan fingerprint density at radius 2 is 2.14 bits per heavy atom. The molecule has 0 rings (SSSR count). The maximum absolute atomic E-state index is 11.4. The van der Waals surface area contributed by atoms with Crippen LogP contribution in [0.25, 0.3) is 0 Å². The minimum atomic E-state index is -0.347. The molecule has 0 aliphatic rings. The first kappa shape index (κ1) is 13.2. The van der Waals surface area contributed by atoms with Gasteiger partial charge in [0, 0.05) is 6.54 Å². The number of nitrogens with one attached hydrogen (secondary N) is 1. The minimum absolute atomic E-state index is 0.0454. The van der Waals surface area contributed by atoms with Gasteiger partial charge in [-0.1, -0.05) is 31.4 Å². The van der Waals surface area contributed by atoms with Crippen molar-refractivity contribution < 1.29 is 4.79 Å². The molecule has 3 heteroatoms. The summed E-state index contributed by atoms with van der Waals surface area (Å²) >= 11 is 0. The van der Waals surface area contributed by atoms with E-state index < -0.39 is 0 Å². The van der Waals surface area contributed by atoms with Gasteiger partial charge >= 0.3 is 0 Å². The number of hydrogen-bond acceptors (Lipinski definition) is 2. The Balaban J connectivity index is 3.67. The highest BCUT2D eigenvalue weighted by molar-refractivity contribution is 5.81. The summed E-state index contributed by atoms with van der Waals surface area (Å²) in [6.07, 6.45) is 4.84. The fraction of sp³-hybridized carbons (Fsp3) is 0.727. The first-order chi connectivity index (χ1) is 6.57. The van der Waals surface area contributed by atoms with Crippen molar-refractivity contribution in [1.29, 1.82) is 0 Å². The molecule has 0 saturated carbocycles. The summed E-state index contributed by atoms with van der Waals surface area (Å²) in [7, 11) is 0. The fourth-order valence-corrected chi connectivity index (χ4v) is 1.04. The summed E-state index contributed by atoms with van der Waals surface area (Å²) < 4.78 is 0. The number of hydrogen-bond donors (Lipinski definition) is 2. The Morgan fingerprint density at radius 3 is 2.64 bits per heavy atom. The second kappa shape index (κ2) is 7.56. The van der Waals surface area contributed by atoms with Gasteiger partial charge in [-0.15, -0.1) is 0 Å². The Morgan fingerprint density at radius 1 is 1.50 bits per heavy atom. The number of unbranched alkanes of at least 4 members (excludes halogenated alkanes) is 1. The quantitative estimate of drug-likeness (QED) is 0.637. The molecule has 0 aromatic rings. The summed E-state index contributed by atoms with van der Waals surface area (Å²) in [6.45, 7) is 6.68. The van der Waals surface area contributed by atoms with Crippen LogP contribution in [-0.4, -0.2) is 18.5 Å². The average molecular weight is 198 g/mol. The lowest BCUT2D eigenvalue weighted by molar-refractivity contribution is -0.122. The van der Waals surface area contributed by atoms with Crippen LogP contribution in [0, 0.1) is 0 Å². The molecular formula is C11H22N2O. The van der Waals surface area contributed by atoms with Crippen LogP contribution in [0.15, 0.2) is 11.6 Å². The molecule has 3 nitrogen and oxygen atoms in total. The van der Waals surface area contributed by atoms with Crippen molar-refractivity contribution in [3.8, 4) is 0 Å². The Hall–Kier alpha value is -0.830. The second-order valence-corrected chi connectivity index (χ2v) is 3.78. The number of rotatable bonds is 6. The maximum Gasteiger partial charge on any atom is 0.237 e. The molecule has 0 heterocycles. The third-order valence-electron chi connectivity index (χ3n) is 1.99. The fourth-order valence-electron chi connectivity index (χ4n) is 1.04. The van der Waals surface area contributed by atoms with E-state index in [4.69, 9.17) is 5.73 Å². The first-order valence-electron chi connectivity index (χ1n) is 5.24. The highest BCUT2D eigenvalue weighted by atomic mass is 16.2. The van der Waals surface area contributed by atoms with Gasteiger partial charge in [0.15, 0.2) is 0 Å². The van der Waals surface area contributed by atoms with Crippen LogP contribution >= 0.6 is 0 Å². The molecule has 0 spiro atoms. The molecule has 14 heavy (non-hydrogen) atoms. The molecular weight excluding hydrogens is 176 g/mol. The van der Waals surface area contributed by atoms with Gasteiger partial charge in [0.05, 0.1) is 6.04 Å². The van der Waals surface area contributed by atoms with Crippen molar-refractivity contribution in [2.45, 2.75) is 46.1 Å². The molecule has 1 unspecified atom stereocenters. The Kier molecular flexibility index (Phi) is 7.11. The highest BCUT2D eigenvalue weighted by Gasteiger charge is 2.10. The van der Waals surface area contributed by atoms with Crippen molar-refractivity contribution in [1.82, 2.24) is 5.32 Å². The van der Waals surface area contributed by atoms with Gasteiger partial charge in [-0.2, -0.15) is 0 Å². The molecule has 0 fully saturated rings. The van der Waals surface area contributed by atoms with Gasteiger partial charge in [0.1, 0.15) is 0 Å². The lowest BCUT2D eigenvalue weighted by Gasteiger charge is -2.10. The topological polar surface area (TPSA) is 55.1 Å². The molecule has 0 bridgehead atoms. The van der Waals surface area contributed by atoms with Crippen LogP contribution in [0.4, 0.5) is 0 Å². The molecule has 82 valence electrons. The van der Waals surface area contributed by atoms with Crippen LogP contribution < -0.4 is 11.1 Å². The van der Waals surface area contributed by atoms with Gasteiger partial charge < -0.3 is 11.1 Å². The zero-order valence-corrected chi connectivity index (χ0v) is 9.47. The first-order valence-corrected chi connectivity index (χ1v) is 5.24. The SMILES string of the molecule is CCCCC(N)C(=O)NCC=C(C)C. The number of nitrogens with two attached hydrogens (primary N) is 1. The van der Waals surface area contributed by atoms with Crippen LogP contribution in [0.5, 0.6) is 0 Å². The van der Waals surface area contributed by atoms with Crippen LogP contribution in [0.1, 0.15) is 40.0 Å². The lowest BCUT2D eigenvalue weighted by Crippen LogP contribution is -2.40. The van der Waals surface area contributed by atoms with E-state index in [1.807, 2.05) is 19.9 Å². The molecule has 0 radical (unpaired) electrons. The molecule has 0 aliphatic carbocycles. The maximum atomic E-state index is 11.4. The van der Waals surface area contributed by atoms with Crippen molar-refractivity contribution in [2.24, 2.45) is 5.73 Å². The molecule has 1 atom stereocenters. The normalized spacial score (nSPS) is 12.0. The molecule has 3 N–H and O–H groups in total. The van der Waals surface area contributed by atoms with Crippen molar-refractivity contribution in [2.75, 3.05) is 6.54 Å². The second-order valence-electron chi connectivity index (χ2n) is 3.78. The third-order valence-corrected chi connectivity index (χ3v) is 1.99. The molecule has 0 aliphatic heterocycles. The van der Waals surface area contributed by atoms with Gasteiger partial charge in [-0.3, -0.25) is 4.79 Å². The smallest absolute Gasteiger partial charge is 0.237 e. The van der Waals surface area contributed by atoms with E-state index in [9.17, 15) is 4.79 Å². The van der Waals surface area contributed by atoms with Gasteiger partial charge in [-0.25, -0.2) is 0 Å². The van der Waals surface area contributed by atoms with E-state index in [1.54, 1.807) is 0 Å². The number of carbonyl (C=O) groups excluding carboxylic acids is 1. The van der Waals surface area contributed by atoms with E-state index in [-0.39, 0.29) is 11.9 Å². The minimum Gasteiger partial charge on any atom is -0.351 e. The summed E-state index contributed by atoms with van der Waals surface area (Å²) in [5, 5.41) is 2.78. The zero-order chi connectivity index (χ0) is 11.0. The highest BCUT2D eigenvalue weighted by Crippen LogP contribution is 1.97. The van der Waals surface area contributed by atoms with Crippen LogP contribution in [0.2, 0.25) is 0 Å². The molecule has 0 saturated heterocycles. The van der Waals surface area contributed by atoms with Gasteiger partial charge in [0.25, 0.3) is 0 Å². The summed E-state index contributed by atoms with van der Waals surface area (Å²) in [4.78, 5) is 11.4.